The molecule has 2 aromatic heterocycles. The lowest BCUT2D eigenvalue weighted by Gasteiger charge is -2.31. The second-order valence-corrected chi connectivity index (χ2v) is 11.1. The summed E-state index contributed by atoms with van der Waals surface area (Å²) in [6.07, 6.45) is -3.96. The predicted molar refractivity (Wildman–Crippen MR) is 139 cm³/mol. The van der Waals surface area contributed by atoms with Gasteiger partial charge in [-0.05, 0) is 38.4 Å². The third kappa shape index (κ3) is 4.33. The van der Waals surface area contributed by atoms with Crippen LogP contribution in [0, 0.1) is 5.82 Å². The zero-order valence-electron chi connectivity index (χ0n) is 21.7. The molecule has 0 radical (unpaired) electrons. The van der Waals surface area contributed by atoms with E-state index in [1.54, 1.807) is 11.9 Å². The molecule has 0 bridgehead atoms. The molecule has 2 saturated heterocycles. The van der Waals surface area contributed by atoms with Gasteiger partial charge in [-0.15, -0.1) is 0 Å². The first-order valence-corrected chi connectivity index (χ1v) is 13.2. The molecule has 214 valence electrons. The SMILES string of the molecule is CC1COc2nc(-c3cc(N)cc(Cl)c3C(F)(F)F)c(F)c3nc(OC[C@@]45CCCN4C[C@H](F)C5)nc(c23)N1C. The number of pyridine rings is 1. The second kappa shape index (κ2) is 9.44. The molecular formula is C26H26ClF5N6O2. The standard InChI is InChI=1S/C26H26ClF5N6O2/c1-12-10-39-23-17-21(19(29)20(34-23)15-6-14(33)7-16(27)18(15)26(30,31)32)35-24(36-22(17)37(12)2)40-11-25-4-3-5-38(25)9-13(28)8-25/h6-7,12-13H,3-5,8-11,33H2,1-2H3/t12?,13-,25+/m1/s1. The van der Waals surface area contributed by atoms with Gasteiger partial charge in [-0.1, -0.05) is 11.6 Å². The second-order valence-electron chi connectivity index (χ2n) is 10.7. The molecule has 5 heterocycles. The third-order valence-corrected chi connectivity index (χ3v) is 8.35. The maximum Gasteiger partial charge on any atom is 0.418 e. The number of fused-ring (bicyclic) bond motifs is 1. The zero-order chi connectivity index (χ0) is 28.6. The average Bonchev–Trinajstić information content (AvgIpc) is 3.36. The van der Waals surface area contributed by atoms with Crippen LogP contribution in [0.4, 0.5) is 33.5 Å². The van der Waals surface area contributed by atoms with E-state index >= 15 is 4.39 Å². The van der Waals surface area contributed by atoms with Gasteiger partial charge in [-0.25, -0.2) is 13.8 Å². The highest BCUT2D eigenvalue weighted by atomic mass is 35.5. The lowest BCUT2D eigenvalue weighted by atomic mass is 9.95. The number of likely N-dealkylation sites (N-methyl/N-ethyl adjacent to an activating group) is 1. The summed E-state index contributed by atoms with van der Waals surface area (Å²) in [7, 11) is 1.72. The molecule has 0 amide bonds. The molecule has 3 aliphatic rings. The van der Waals surface area contributed by atoms with E-state index in [4.69, 9.17) is 26.8 Å². The summed E-state index contributed by atoms with van der Waals surface area (Å²) in [4.78, 5) is 16.8. The number of aromatic nitrogens is 3. The van der Waals surface area contributed by atoms with Crippen LogP contribution in [-0.4, -0.2) is 71.0 Å². The first-order valence-electron chi connectivity index (χ1n) is 12.8. The third-order valence-electron chi connectivity index (χ3n) is 8.05. The van der Waals surface area contributed by atoms with Crippen molar-refractivity contribution in [1.29, 1.82) is 0 Å². The van der Waals surface area contributed by atoms with Gasteiger partial charge in [0.05, 0.1) is 22.2 Å². The fraction of sp³-hybridized carbons (Fsp3) is 0.500. The van der Waals surface area contributed by atoms with Gasteiger partial charge >= 0.3 is 12.2 Å². The number of nitrogen functional groups attached to an aromatic ring is 1. The summed E-state index contributed by atoms with van der Waals surface area (Å²) in [5, 5.41) is -0.603. The van der Waals surface area contributed by atoms with E-state index in [1.807, 2.05) is 6.92 Å². The topological polar surface area (TPSA) is 89.6 Å². The number of rotatable bonds is 4. The molecule has 1 aromatic carbocycles. The van der Waals surface area contributed by atoms with Gasteiger partial charge in [0.25, 0.3) is 0 Å². The Kier molecular flexibility index (Phi) is 6.37. The number of hydrogen-bond acceptors (Lipinski definition) is 8. The largest absolute Gasteiger partial charge is 0.475 e. The highest BCUT2D eigenvalue weighted by molar-refractivity contribution is 6.32. The zero-order valence-corrected chi connectivity index (χ0v) is 22.4. The minimum atomic E-state index is -4.93. The van der Waals surface area contributed by atoms with Crippen molar-refractivity contribution >= 4 is 34.0 Å². The van der Waals surface area contributed by atoms with E-state index in [-0.39, 0.29) is 53.6 Å². The lowest BCUT2D eigenvalue weighted by Crippen LogP contribution is -2.43. The Morgan fingerprint density at radius 3 is 2.77 bits per heavy atom. The number of nitrogens with zero attached hydrogens (tertiary/aromatic N) is 5. The maximum atomic E-state index is 16.3. The van der Waals surface area contributed by atoms with E-state index < -0.39 is 45.5 Å². The molecule has 8 nitrogen and oxygen atoms in total. The van der Waals surface area contributed by atoms with E-state index in [0.29, 0.717) is 13.0 Å². The van der Waals surface area contributed by atoms with Crippen LogP contribution in [0.25, 0.3) is 22.2 Å². The van der Waals surface area contributed by atoms with Crippen LogP contribution in [-0.2, 0) is 6.18 Å². The van der Waals surface area contributed by atoms with Crippen molar-refractivity contribution < 1.29 is 31.4 Å². The van der Waals surface area contributed by atoms with Crippen LogP contribution < -0.4 is 20.1 Å². The van der Waals surface area contributed by atoms with Crippen LogP contribution in [0.5, 0.6) is 11.9 Å². The number of nitrogens with two attached hydrogens (primary N) is 1. The predicted octanol–water partition coefficient (Wildman–Crippen LogP) is 5.26. The molecule has 0 aliphatic carbocycles. The molecule has 14 heteroatoms. The van der Waals surface area contributed by atoms with E-state index in [0.717, 1.165) is 31.5 Å². The summed E-state index contributed by atoms with van der Waals surface area (Å²) in [5.74, 6) is -1.03. The smallest absolute Gasteiger partial charge is 0.418 e. The number of anilines is 2. The van der Waals surface area contributed by atoms with Gasteiger partial charge < -0.3 is 20.1 Å². The Morgan fingerprint density at radius 1 is 1.25 bits per heavy atom. The minimum Gasteiger partial charge on any atom is -0.475 e. The molecule has 3 aromatic rings. The molecule has 0 spiro atoms. The van der Waals surface area contributed by atoms with Crippen molar-refractivity contribution in [1.82, 2.24) is 19.9 Å². The van der Waals surface area contributed by atoms with E-state index in [2.05, 4.69) is 19.9 Å². The summed E-state index contributed by atoms with van der Waals surface area (Å²) in [6.45, 7) is 3.09. The Hall–Kier alpha value is -3.19. The maximum absolute atomic E-state index is 16.3. The van der Waals surface area contributed by atoms with Gasteiger partial charge in [-0.3, -0.25) is 4.90 Å². The molecule has 2 N–H and O–H groups in total. The highest BCUT2D eigenvalue weighted by Gasteiger charge is 2.49. The minimum absolute atomic E-state index is 0.0869. The molecule has 3 aliphatic heterocycles. The van der Waals surface area contributed by atoms with Crippen LogP contribution in [0.2, 0.25) is 5.02 Å². The lowest BCUT2D eigenvalue weighted by molar-refractivity contribution is -0.137. The van der Waals surface area contributed by atoms with Crippen molar-refractivity contribution in [2.75, 3.05) is 44.0 Å². The normalized spacial score (nSPS) is 24.8. The van der Waals surface area contributed by atoms with Crippen molar-refractivity contribution in [2.24, 2.45) is 0 Å². The number of alkyl halides is 4. The molecule has 1 unspecified atom stereocenters. The number of benzene rings is 1. The summed E-state index contributed by atoms with van der Waals surface area (Å²) in [5.41, 5.74) is 2.24. The Balaban J connectivity index is 1.53. The Bertz CT molecular complexity index is 1510. The van der Waals surface area contributed by atoms with Crippen LogP contribution in [0.3, 0.4) is 0 Å². The van der Waals surface area contributed by atoms with Crippen LogP contribution >= 0.6 is 11.6 Å². The van der Waals surface area contributed by atoms with Crippen LogP contribution in [0.1, 0.15) is 31.7 Å². The van der Waals surface area contributed by atoms with E-state index in [9.17, 15) is 17.6 Å². The first-order chi connectivity index (χ1) is 18.9. The molecular weight excluding hydrogens is 559 g/mol. The monoisotopic (exact) mass is 584 g/mol. The molecule has 6 rings (SSSR count). The van der Waals surface area contributed by atoms with Crippen LogP contribution in [0.15, 0.2) is 12.1 Å². The fourth-order valence-electron chi connectivity index (χ4n) is 5.98. The molecule has 0 saturated carbocycles. The highest BCUT2D eigenvalue weighted by Crippen LogP contribution is 2.46. The summed E-state index contributed by atoms with van der Waals surface area (Å²) in [6, 6.07) is 1.46. The Labute approximate surface area is 231 Å². The van der Waals surface area contributed by atoms with Gasteiger partial charge in [0.15, 0.2) is 5.82 Å². The number of hydrogen-bond donors (Lipinski definition) is 1. The quantitative estimate of drug-likeness (QED) is 0.328. The number of halogens is 6. The summed E-state index contributed by atoms with van der Waals surface area (Å²) < 4.78 is 84.5. The fourth-order valence-corrected chi connectivity index (χ4v) is 6.31. The van der Waals surface area contributed by atoms with Crippen molar-refractivity contribution in [3.8, 4) is 23.1 Å². The van der Waals surface area contributed by atoms with Gasteiger partial charge in [-0.2, -0.15) is 23.1 Å². The van der Waals surface area contributed by atoms with Gasteiger partial charge in [0.2, 0.25) is 5.88 Å². The van der Waals surface area contributed by atoms with Crippen molar-refractivity contribution in [2.45, 2.75) is 50.1 Å². The average molecular weight is 585 g/mol. The van der Waals surface area contributed by atoms with Crippen molar-refractivity contribution in [3.05, 3.63) is 28.5 Å². The molecule has 2 fully saturated rings. The van der Waals surface area contributed by atoms with E-state index in [1.165, 1.54) is 0 Å². The van der Waals surface area contributed by atoms with Gasteiger partial charge in [0, 0.05) is 31.3 Å². The first kappa shape index (κ1) is 27.0. The van der Waals surface area contributed by atoms with Gasteiger partial charge in [0.1, 0.15) is 41.8 Å². The van der Waals surface area contributed by atoms with Crippen molar-refractivity contribution in [3.63, 3.8) is 0 Å². The Morgan fingerprint density at radius 2 is 2.02 bits per heavy atom. The molecule has 40 heavy (non-hydrogen) atoms. The summed E-state index contributed by atoms with van der Waals surface area (Å²) >= 11 is 5.93. The molecule has 3 atom stereocenters. The number of ether oxygens (including phenoxy) is 2.